The number of hydrogen-bond donors (Lipinski definition) is 1. The Kier molecular flexibility index (Phi) is 4.57. The molecule has 1 amide bonds. The molecule has 1 heterocycles. The zero-order valence-electron chi connectivity index (χ0n) is 13.1. The van der Waals surface area contributed by atoms with Crippen LogP contribution in [0.2, 0.25) is 0 Å². The minimum atomic E-state index is -0.224. The van der Waals surface area contributed by atoms with Crippen molar-refractivity contribution in [3.8, 4) is 0 Å². The van der Waals surface area contributed by atoms with Gasteiger partial charge in [0.15, 0.2) is 5.76 Å². The molecule has 1 N–H and O–H groups in total. The molecule has 3 aromatic rings. The fourth-order valence-electron chi connectivity index (χ4n) is 2.48. The highest BCUT2D eigenvalue weighted by Gasteiger charge is 2.10. The van der Waals surface area contributed by atoms with E-state index < -0.39 is 0 Å². The first-order chi connectivity index (χ1) is 11.2. The van der Waals surface area contributed by atoms with Crippen molar-refractivity contribution in [3.05, 3.63) is 89.4 Å². The van der Waals surface area contributed by atoms with Crippen LogP contribution >= 0.6 is 0 Å². The summed E-state index contributed by atoms with van der Waals surface area (Å²) in [5, 5.41) is 2.92. The zero-order chi connectivity index (χ0) is 16.1. The number of furan rings is 1. The fraction of sp³-hybridized carbons (Fsp3) is 0.150. The number of rotatable bonds is 5. The van der Waals surface area contributed by atoms with Crippen LogP contribution in [0.4, 0.5) is 5.69 Å². The molecule has 1 aromatic heterocycles. The number of carbonyl (C=O) groups excluding carboxylic acids is 1. The first-order valence-corrected chi connectivity index (χ1v) is 7.71. The quantitative estimate of drug-likeness (QED) is 0.747. The molecule has 0 spiro atoms. The molecule has 3 heteroatoms. The van der Waals surface area contributed by atoms with E-state index in [-0.39, 0.29) is 5.91 Å². The third-order valence-corrected chi connectivity index (χ3v) is 3.84. The van der Waals surface area contributed by atoms with Gasteiger partial charge in [0.05, 0.1) is 6.26 Å². The van der Waals surface area contributed by atoms with Crippen molar-refractivity contribution in [2.24, 2.45) is 0 Å². The number of hydrogen-bond acceptors (Lipinski definition) is 2. The second-order valence-corrected chi connectivity index (χ2v) is 5.57. The van der Waals surface area contributed by atoms with Crippen molar-refractivity contribution in [2.45, 2.75) is 19.8 Å². The lowest BCUT2D eigenvalue weighted by atomic mass is 10.0. The van der Waals surface area contributed by atoms with Gasteiger partial charge in [-0.15, -0.1) is 0 Å². The molecular formula is C20H19NO2. The SMILES string of the molecule is Cc1ccc(CCc2ccccc2)cc1NC(=O)c1ccco1. The average molecular weight is 305 g/mol. The number of nitrogens with one attached hydrogen (secondary N) is 1. The Hall–Kier alpha value is -2.81. The van der Waals surface area contributed by atoms with Crippen LogP contribution in [0.25, 0.3) is 0 Å². The summed E-state index contributed by atoms with van der Waals surface area (Å²) in [7, 11) is 0. The van der Waals surface area contributed by atoms with Crippen LogP contribution in [0.1, 0.15) is 27.2 Å². The van der Waals surface area contributed by atoms with Gasteiger partial charge in [-0.2, -0.15) is 0 Å². The largest absolute Gasteiger partial charge is 0.459 e. The molecule has 2 aromatic carbocycles. The van der Waals surface area contributed by atoms with E-state index in [1.54, 1.807) is 12.1 Å². The molecule has 0 atom stereocenters. The van der Waals surface area contributed by atoms with Gasteiger partial charge in [-0.05, 0) is 54.7 Å². The summed E-state index contributed by atoms with van der Waals surface area (Å²) in [6.45, 7) is 1.98. The summed E-state index contributed by atoms with van der Waals surface area (Å²) in [5.41, 5.74) is 4.38. The zero-order valence-corrected chi connectivity index (χ0v) is 13.1. The van der Waals surface area contributed by atoms with Crippen LogP contribution in [0.15, 0.2) is 71.3 Å². The molecule has 23 heavy (non-hydrogen) atoms. The van der Waals surface area contributed by atoms with Crippen molar-refractivity contribution in [1.82, 2.24) is 0 Å². The summed E-state index contributed by atoms with van der Waals surface area (Å²) in [6, 6.07) is 20.0. The summed E-state index contributed by atoms with van der Waals surface area (Å²) < 4.78 is 5.13. The highest BCUT2D eigenvalue weighted by Crippen LogP contribution is 2.19. The van der Waals surface area contributed by atoms with Gasteiger partial charge in [-0.3, -0.25) is 4.79 Å². The van der Waals surface area contributed by atoms with Gasteiger partial charge in [0.25, 0.3) is 5.91 Å². The lowest BCUT2D eigenvalue weighted by molar-refractivity contribution is 0.0996. The predicted molar refractivity (Wildman–Crippen MR) is 91.7 cm³/mol. The minimum absolute atomic E-state index is 0.224. The summed E-state index contributed by atoms with van der Waals surface area (Å²) in [4.78, 5) is 12.1. The Bertz CT molecular complexity index is 777. The molecule has 3 rings (SSSR count). The van der Waals surface area contributed by atoms with E-state index >= 15 is 0 Å². The summed E-state index contributed by atoms with van der Waals surface area (Å²) >= 11 is 0. The maximum atomic E-state index is 12.1. The van der Waals surface area contributed by atoms with E-state index in [1.807, 2.05) is 25.1 Å². The van der Waals surface area contributed by atoms with Gasteiger partial charge in [-0.25, -0.2) is 0 Å². The van der Waals surface area contributed by atoms with E-state index in [4.69, 9.17) is 4.42 Å². The second kappa shape index (κ2) is 6.97. The highest BCUT2D eigenvalue weighted by atomic mass is 16.3. The molecule has 0 aliphatic carbocycles. The second-order valence-electron chi connectivity index (χ2n) is 5.57. The molecule has 0 aliphatic rings. The molecule has 116 valence electrons. The van der Waals surface area contributed by atoms with E-state index in [0.717, 1.165) is 24.1 Å². The fourth-order valence-corrected chi connectivity index (χ4v) is 2.48. The minimum Gasteiger partial charge on any atom is -0.459 e. The lowest BCUT2D eigenvalue weighted by Gasteiger charge is -2.10. The Morgan fingerprint density at radius 3 is 2.48 bits per heavy atom. The van der Waals surface area contributed by atoms with E-state index in [1.165, 1.54) is 17.4 Å². The molecule has 0 saturated heterocycles. The van der Waals surface area contributed by atoms with Crippen LogP contribution in [0, 0.1) is 6.92 Å². The third-order valence-electron chi connectivity index (χ3n) is 3.84. The van der Waals surface area contributed by atoms with Gasteiger partial charge in [-0.1, -0.05) is 42.5 Å². The van der Waals surface area contributed by atoms with Crippen molar-refractivity contribution >= 4 is 11.6 Å². The molecule has 0 unspecified atom stereocenters. The molecule has 0 aliphatic heterocycles. The maximum absolute atomic E-state index is 12.1. The Balaban J connectivity index is 1.70. The molecule has 0 radical (unpaired) electrons. The lowest BCUT2D eigenvalue weighted by Crippen LogP contribution is -2.12. The van der Waals surface area contributed by atoms with Crippen molar-refractivity contribution < 1.29 is 9.21 Å². The number of anilines is 1. The van der Waals surface area contributed by atoms with Gasteiger partial charge in [0, 0.05) is 5.69 Å². The van der Waals surface area contributed by atoms with Crippen LogP contribution in [0.5, 0.6) is 0 Å². The number of amides is 1. The number of aryl methyl sites for hydroxylation is 3. The molecule has 3 nitrogen and oxygen atoms in total. The smallest absolute Gasteiger partial charge is 0.291 e. The van der Waals surface area contributed by atoms with Crippen molar-refractivity contribution in [3.63, 3.8) is 0 Å². The van der Waals surface area contributed by atoms with E-state index in [0.29, 0.717) is 5.76 Å². The van der Waals surface area contributed by atoms with E-state index in [2.05, 4.69) is 35.6 Å². The van der Waals surface area contributed by atoms with Crippen LogP contribution < -0.4 is 5.32 Å². The summed E-state index contributed by atoms with van der Waals surface area (Å²) in [6.07, 6.45) is 3.42. The Morgan fingerprint density at radius 2 is 1.74 bits per heavy atom. The molecular weight excluding hydrogens is 286 g/mol. The van der Waals surface area contributed by atoms with Gasteiger partial charge in [0.1, 0.15) is 0 Å². The topological polar surface area (TPSA) is 42.2 Å². The van der Waals surface area contributed by atoms with E-state index in [9.17, 15) is 4.79 Å². The van der Waals surface area contributed by atoms with Crippen LogP contribution in [-0.2, 0) is 12.8 Å². The van der Waals surface area contributed by atoms with Gasteiger partial charge >= 0.3 is 0 Å². The van der Waals surface area contributed by atoms with Crippen LogP contribution in [-0.4, -0.2) is 5.91 Å². The van der Waals surface area contributed by atoms with Crippen LogP contribution in [0.3, 0.4) is 0 Å². The normalized spacial score (nSPS) is 10.5. The van der Waals surface area contributed by atoms with Crippen molar-refractivity contribution in [2.75, 3.05) is 5.32 Å². The monoisotopic (exact) mass is 305 g/mol. The average Bonchev–Trinajstić information content (AvgIpc) is 3.11. The summed E-state index contributed by atoms with van der Waals surface area (Å²) in [5.74, 6) is 0.0948. The third kappa shape index (κ3) is 3.89. The number of carbonyl (C=O) groups is 1. The maximum Gasteiger partial charge on any atom is 0.291 e. The molecule has 0 bridgehead atoms. The first-order valence-electron chi connectivity index (χ1n) is 7.71. The van der Waals surface area contributed by atoms with Gasteiger partial charge < -0.3 is 9.73 Å². The Labute approximate surface area is 136 Å². The molecule has 0 fully saturated rings. The number of benzene rings is 2. The van der Waals surface area contributed by atoms with Crippen molar-refractivity contribution in [1.29, 1.82) is 0 Å². The standard InChI is InChI=1S/C20H19NO2/c1-15-9-10-17(12-11-16-6-3-2-4-7-16)14-18(15)21-20(22)19-8-5-13-23-19/h2-10,13-14H,11-12H2,1H3,(H,21,22). The predicted octanol–water partition coefficient (Wildman–Crippen LogP) is 4.63. The Morgan fingerprint density at radius 1 is 0.957 bits per heavy atom. The highest BCUT2D eigenvalue weighted by molar-refractivity contribution is 6.02. The first kappa shape index (κ1) is 15.1. The van der Waals surface area contributed by atoms with Gasteiger partial charge in [0.2, 0.25) is 0 Å². The molecule has 0 saturated carbocycles.